The van der Waals surface area contributed by atoms with Gasteiger partial charge in [0.2, 0.25) is 11.6 Å². The van der Waals surface area contributed by atoms with Gasteiger partial charge in [-0.25, -0.2) is 0 Å². The van der Waals surface area contributed by atoms with Gasteiger partial charge in [-0.05, 0) is 29.8 Å². The summed E-state index contributed by atoms with van der Waals surface area (Å²) >= 11 is 0. The van der Waals surface area contributed by atoms with Gasteiger partial charge in [0.1, 0.15) is 5.92 Å². The first-order valence-corrected chi connectivity index (χ1v) is 8.52. The van der Waals surface area contributed by atoms with Crippen molar-refractivity contribution in [1.29, 1.82) is 0 Å². The average Bonchev–Trinajstić information content (AvgIpc) is 3.16. The van der Waals surface area contributed by atoms with Gasteiger partial charge in [0.05, 0.1) is 35.5 Å². The van der Waals surface area contributed by atoms with Crippen molar-refractivity contribution in [3.63, 3.8) is 0 Å². The molecule has 0 spiro atoms. The van der Waals surface area contributed by atoms with E-state index in [0.29, 0.717) is 28.9 Å². The minimum atomic E-state index is -0.517. The molecule has 0 saturated carbocycles. The van der Waals surface area contributed by atoms with Crippen LogP contribution in [0.1, 0.15) is 23.1 Å². The molecular formula is C20H23NO7. The van der Waals surface area contributed by atoms with Crippen LogP contribution in [0.15, 0.2) is 35.5 Å². The van der Waals surface area contributed by atoms with E-state index in [0.717, 1.165) is 11.1 Å². The third kappa shape index (κ3) is 3.33. The van der Waals surface area contributed by atoms with Crippen LogP contribution in [0.4, 0.5) is 0 Å². The zero-order valence-corrected chi connectivity index (χ0v) is 16.4. The number of methoxy groups -OCH3 is 5. The molecule has 8 nitrogen and oxygen atoms in total. The third-order valence-corrected chi connectivity index (χ3v) is 4.61. The van der Waals surface area contributed by atoms with E-state index in [1.54, 1.807) is 45.6 Å². The van der Waals surface area contributed by atoms with E-state index in [1.807, 2.05) is 6.07 Å². The molecule has 28 heavy (non-hydrogen) atoms. The number of nitrogens with zero attached hydrogens (tertiary/aromatic N) is 1. The fourth-order valence-electron chi connectivity index (χ4n) is 3.26. The molecule has 0 aliphatic carbocycles. The lowest BCUT2D eigenvalue weighted by molar-refractivity contribution is 0.0757. The van der Waals surface area contributed by atoms with Crippen LogP contribution in [0.5, 0.6) is 28.7 Å². The predicted molar refractivity (Wildman–Crippen MR) is 102 cm³/mol. The lowest BCUT2D eigenvalue weighted by Crippen LogP contribution is -2.17. The fraction of sp³-hybridized carbons (Fsp3) is 0.350. The van der Waals surface area contributed by atoms with E-state index < -0.39 is 6.10 Å². The Labute approximate surface area is 163 Å². The molecule has 150 valence electrons. The zero-order valence-electron chi connectivity index (χ0n) is 16.4. The molecule has 0 bridgehead atoms. The lowest BCUT2D eigenvalue weighted by atomic mass is 9.88. The van der Waals surface area contributed by atoms with Gasteiger partial charge in [-0.15, -0.1) is 0 Å². The van der Waals surface area contributed by atoms with Crippen molar-refractivity contribution in [3.05, 3.63) is 41.5 Å². The summed E-state index contributed by atoms with van der Waals surface area (Å²) in [6.07, 6.45) is -0.517. The fourth-order valence-corrected chi connectivity index (χ4v) is 3.26. The summed E-state index contributed by atoms with van der Waals surface area (Å²) in [5, 5.41) is 14.3. The molecule has 2 atom stereocenters. The summed E-state index contributed by atoms with van der Waals surface area (Å²) in [6.45, 7) is 0. The maximum absolute atomic E-state index is 10.2. The Morgan fingerprint density at radius 1 is 0.786 bits per heavy atom. The number of hydrogen-bond donors (Lipinski definition) is 1. The summed E-state index contributed by atoms with van der Waals surface area (Å²) in [5.74, 6) is 1.89. The number of phenolic OH excluding ortho intramolecular Hbond substituents is 1. The third-order valence-electron chi connectivity index (χ3n) is 4.61. The maximum atomic E-state index is 10.2. The van der Waals surface area contributed by atoms with Gasteiger partial charge in [-0.2, -0.15) is 0 Å². The van der Waals surface area contributed by atoms with E-state index in [9.17, 15) is 5.11 Å². The zero-order chi connectivity index (χ0) is 20.3. The quantitative estimate of drug-likeness (QED) is 0.811. The minimum absolute atomic E-state index is 0.0194. The van der Waals surface area contributed by atoms with E-state index in [2.05, 4.69) is 5.16 Å². The smallest absolute Gasteiger partial charge is 0.237 e. The largest absolute Gasteiger partial charge is 0.504 e. The van der Waals surface area contributed by atoms with E-state index in [-0.39, 0.29) is 11.7 Å². The molecule has 0 amide bonds. The molecule has 0 radical (unpaired) electrons. The molecule has 1 aliphatic rings. The van der Waals surface area contributed by atoms with Crippen LogP contribution >= 0.6 is 0 Å². The molecule has 0 saturated heterocycles. The van der Waals surface area contributed by atoms with Crippen LogP contribution in [0.2, 0.25) is 0 Å². The molecule has 1 heterocycles. The molecule has 1 N–H and O–H groups in total. The monoisotopic (exact) mass is 389 g/mol. The van der Waals surface area contributed by atoms with Crippen LogP contribution in [-0.2, 0) is 9.57 Å². The van der Waals surface area contributed by atoms with Gasteiger partial charge in [0.25, 0.3) is 0 Å². The normalized spacial score (nSPS) is 18.1. The first kappa shape index (κ1) is 19.5. The van der Waals surface area contributed by atoms with Crippen molar-refractivity contribution < 1.29 is 33.6 Å². The Kier molecular flexibility index (Phi) is 5.67. The van der Waals surface area contributed by atoms with Crippen molar-refractivity contribution in [3.8, 4) is 28.7 Å². The van der Waals surface area contributed by atoms with Crippen molar-refractivity contribution >= 4 is 5.90 Å². The molecule has 2 aromatic carbocycles. The summed E-state index contributed by atoms with van der Waals surface area (Å²) in [7, 11) is 7.66. The van der Waals surface area contributed by atoms with Gasteiger partial charge in [-0.1, -0.05) is 11.2 Å². The van der Waals surface area contributed by atoms with Gasteiger partial charge in [-0.3, -0.25) is 0 Å². The van der Waals surface area contributed by atoms with Crippen LogP contribution in [0.25, 0.3) is 0 Å². The van der Waals surface area contributed by atoms with Crippen LogP contribution in [0.3, 0.4) is 0 Å². The summed E-state index contributed by atoms with van der Waals surface area (Å²) in [4.78, 5) is 5.68. The first-order chi connectivity index (χ1) is 13.6. The highest BCUT2D eigenvalue weighted by molar-refractivity contribution is 5.85. The maximum Gasteiger partial charge on any atom is 0.237 e. The molecule has 8 heteroatoms. The minimum Gasteiger partial charge on any atom is -0.504 e. The van der Waals surface area contributed by atoms with Gasteiger partial charge < -0.3 is 33.6 Å². The number of ether oxygens (including phenoxy) is 5. The number of oxime groups is 1. The summed E-state index contributed by atoms with van der Waals surface area (Å²) in [5.41, 5.74) is 1.51. The number of aromatic hydroxyl groups is 1. The van der Waals surface area contributed by atoms with Gasteiger partial charge in [0.15, 0.2) is 29.1 Å². The highest BCUT2D eigenvalue weighted by atomic mass is 16.7. The molecule has 0 fully saturated rings. The van der Waals surface area contributed by atoms with Gasteiger partial charge >= 0.3 is 0 Å². The first-order valence-electron chi connectivity index (χ1n) is 8.52. The Hall–Kier alpha value is -3.29. The number of benzene rings is 2. The van der Waals surface area contributed by atoms with E-state index in [4.69, 9.17) is 28.5 Å². The number of phenols is 1. The summed E-state index contributed by atoms with van der Waals surface area (Å²) < 4.78 is 26.8. The number of rotatable bonds is 6. The highest BCUT2D eigenvalue weighted by Gasteiger charge is 2.39. The molecule has 1 aliphatic heterocycles. The van der Waals surface area contributed by atoms with Crippen molar-refractivity contribution in [2.75, 3.05) is 35.5 Å². The lowest BCUT2D eigenvalue weighted by Gasteiger charge is -2.21. The molecule has 3 rings (SSSR count). The molecule has 2 aromatic rings. The second kappa shape index (κ2) is 8.16. The Balaban J connectivity index is 2.07. The van der Waals surface area contributed by atoms with E-state index in [1.165, 1.54) is 14.2 Å². The SMILES string of the molecule is COC1=NO[C@H](c2cc(OC)c(OC)c(OC)c2)[C@@H]1c1ccc(OC)c(O)c1. The number of hydrogen-bond acceptors (Lipinski definition) is 8. The molecule has 0 aromatic heterocycles. The van der Waals surface area contributed by atoms with Gasteiger partial charge in [0, 0.05) is 5.56 Å². The predicted octanol–water partition coefficient (Wildman–Crippen LogP) is 3.24. The second-order valence-electron chi connectivity index (χ2n) is 6.03. The standard InChI is InChI=1S/C20H23NO7/c1-23-14-7-6-11(8-13(14)22)17-18(28-21-20(17)27-5)12-9-15(24-2)19(26-4)16(10-12)25-3/h6-10,17-18,22H,1-5H3/t17-,18+/m0/s1. The van der Waals surface area contributed by atoms with Crippen LogP contribution < -0.4 is 18.9 Å². The topological polar surface area (TPSA) is 88.0 Å². The Morgan fingerprint density at radius 2 is 1.43 bits per heavy atom. The van der Waals surface area contributed by atoms with Crippen molar-refractivity contribution in [2.45, 2.75) is 12.0 Å². The van der Waals surface area contributed by atoms with Crippen LogP contribution in [0, 0.1) is 0 Å². The van der Waals surface area contributed by atoms with Crippen LogP contribution in [-0.4, -0.2) is 46.6 Å². The second-order valence-corrected chi connectivity index (χ2v) is 6.03. The van der Waals surface area contributed by atoms with E-state index >= 15 is 0 Å². The Bertz CT molecular complexity index is 856. The molecule has 0 unspecified atom stereocenters. The molecular weight excluding hydrogens is 366 g/mol. The van der Waals surface area contributed by atoms with Crippen molar-refractivity contribution in [1.82, 2.24) is 0 Å². The van der Waals surface area contributed by atoms with Crippen molar-refractivity contribution in [2.24, 2.45) is 5.16 Å². The highest BCUT2D eigenvalue weighted by Crippen LogP contribution is 2.46. The average molecular weight is 389 g/mol. The summed E-state index contributed by atoms with van der Waals surface area (Å²) in [6, 6.07) is 8.73. The Morgan fingerprint density at radius 3 is 1.93 bits per heavy atom.